The number of aryl methyl sites for hydroxylation is 2. The molecule has 0 fully saturated rings. The molecular weight excluding hydrogens is 370 g/mol. The van der Waals surface area contributed by atoms with Crippen molar-refractivity contribution in [3.63, 3.8) is 0 Å². The van der Waals surface area contributed by atoms with Gasteiger partial charge in [0.15, 0.2) is 11.2 Å². The second-order valence-electron chi connectivity index (χ2n) is 6.99. The lowest BCUT2D eigenvalue weighted by atomic mass is 10.0. The molecule has 144 valence electrons. The Morgan fingerprint density at radius 2 is 2.00 bits per heavy atom. The van der Waals surface area contributed by atoms with Crippen molar-refractivity contribution in [1.29, 1.82) is 0 Å². The molecule has 5 rings (SSSR count). The highest BCUT2D eigenvalue weighted by Crippen LogP contribution is 2.40. The zero-order valence-electron chi connectivity index (χ0n) is 15.9. The van der Waals surface area contributed by atoms with Gasteiger partial charge in [0.05, 0.1) is 16.6 Å². The Balaban J connectivity index is 1.82. The second kappa shape index (κ2) is 6.41. The highest BCUT2D eigenvalue weighted by molar-refractivity contribution is 6.10. The average Bonchev–Trinajstić information content (AvgIpc) is 3.30. The van der Waals surface area contributed by atoms with Crippen molar-refractivity contribution in [2.75, 3.05) is 4.90 Å². The van der Waals surface area contributed by atoms with Crippen LogP contribution in [0.15, 0.2) is 62.4 Å². The molecule has 1 unspecified atom stereocenters. The third-order valence-electron chi connectivity index (χ3n) is 5.17. The van der Waals surface area contributed by atoms with Crippen molar-refractivity contribution in [3.05, 3.63) is 87.2 Å². The summed E-state index contributed by atoms with van der Waals surface area (Å²) in [5, 5.41) is 4.45. The van der Waals surface area contributed by atoms with E-state index in [4.69, 9.17) is 8.94 Å². The Kier molecular flexibility index (Phi) is 3.84. The predicted molar refractivity (Wildman–Crippen MR) is 106 cm³/mol. The lowest BCUT2D eigenvalue weighted by Gasteiger charge is -2.21. The summed E-state index contributed by atoms with van der Waals surface area (Å²) in [6.07, 6.45) is 2.42. The molecule has 0 N–H and O–H groups in total. The number of anilines is 1. The fourth-order valence-corrected chi connectivity index (χ4v) is 3.76. The molecule has 0 aliphatic carbocycles. The van der Waals surface area contributed by atoms with Gasteiger partial charge < -0.3 is 8.94 Å². The molecule has 3 aromatic heterocycles. The Morgan fingerprint density at radius 1 is 1.14 bits per heavy atom. The first kappa shape index (κ1) is 17.4. The number of fused-ring (bicyclic) bond motifs is 2. The number of pyridine rings is 1. The Labute approximate surface area is 165 Å². The maximum atomic E-state index is 13.5. The second-order valence-corrected chi connectivity index (χ2v) is 6.99. The van der Waals surface area contributed by atoms with Crippen LogP contribution in [0.25, 0.3) is 11.0 Å². The summed E-state index contributed by atoms with van der Waals surface area (Å²) in [5.74, 6) is 0.443. The number of benzene rings is 1. The van der Waals surface area contributed by atoms with Gasteiger partial charge >= 0.3 is 0 Å². The Bertz CT molecular complexity index is 1310. The number of nitrogens with zero attached hydrogens (tertiary/aromatic N) is 3. The van der Waals surface area contributed by atoms with Gasteiger partial charge in [0.25, 0.3) is 5.91 Å². The molecule has 1 amide bonds. The van der Waals surface area contributed by atoms with Gasteiger partial charge in [-0.05, 0) is 43.2 Å². The molecule has 0 saturated carbocycles. The van der Waals surface area contributed by atoms with E-state index in [1.165, 1.54) is 4.90 Å². The van der Waals surface area contributed by atoms with Crippen molar-refractivity contribution in [3.8, 4) is 0 Å². The van der Waals surface area contributed by atoms with Gasteiger partial charge in [-0.1, -0.05) is 24.2 Å². The first-order chi connectivity index (χ1) is 14.1. The van der Waals surface area contributed by atoms with Gasteiger partial charge in [-0.2, -0.15) is 0 Å². The minimum absolute atomic E-state index is 0.0167. The number of amides is 1. The van der Waals surface area contributed by atoms with Crippen LogP contribution in [0.3, 0.4) is 0 Å². The van der Waals surface area contributed by atoms with Crippen molar-refractivity contribution >= 4 is 22.7 Å². The largest absolute Gasteiger partial charge is 0.450 e. The quantitative estimate of drug-likeness (QED) is 0.531. The first-order valence-electron chi connectivity index (χ1n) is 9.36. The van der Waals surface area contributed by atoms with E-state index < -0.39 is 11.9 Å². The third kappa shape index (κ3) is 2.58. The maximum absolute atomic E-state index is 13.5. The monoisotopic (exact) mass is 387 g/mol. The number of rotatable bonds is 3. The lowest BCUT2D eigenvalue weighted by Crippen LogP contribution is -2.30. The number of aromatic nitrogens is 2. The van der Waals surface area contributed by atoms with Crippen molar-refractivity contribution in [2.24, 2.45) is 0 Å². The SMILES string of the molecule is CCc1ccc2oc3c(c(=O)c2c1)C(c1ccccn1)N(c1cc(C)on1)C3=O. The summed E-state index contributed by atoms with van der Waals surface area (Å²) in [6.45, 7) is 3.76. The zero-order chi connectivity index (χ0) is 20.1. The van der Waals surface area contributed by atoms with Crippen LogP contribution in [0.5, 0.6) is 0 Å². The van der Waals surface area contributed by atoms with Crippen molar-refractivity contribution in [2.45, 2.75) is 26.3 Å². The molecule has 1 aliphatic rings. The van der Waals surface area contributed by atoms with Gasteiger partial charge in [-0.3, -0.25) is 19.5 Å². The van der Waals surface area contributed by atoms with E-state index in [2.05, 4.69) is 10.1 Å². The summed E-state index contributed by atoms with van der Waals surface area (Å²) in [7, 11) is 0. The van der Waals surface area contributed by atoms with Gasteiger partial charge in [0, 0.05) is 12.3 Å². The molecule has 0 saturated heterocycles. The van der Waals surface area contributed by atoms with Crippen molar-refractivity contribution in [1.82, 2.24) is 10.1 Å². The topological polar surface area (TPSA) is 89.4 Å². The normalized spacial score (nSPS) is 15.9. The van der Waals surface area contributed by atoms with Crippen LogP contribution in [0.4, 0.5) is 5.82 Å². The minimum Gasteiger partial charge on any atom is -0.450 e. The number of hydrogen-bond acceptors (Lipinski definition) is 6. The highest BCUT2D eigenvalue weighted by Gasteiger charge is 2.45. The fraction of sp³-hybridized carbons (Fsp3) is 0.182. The Hall–Kier alpha value is -3.74. The summed E-state index contributed by atoms with van der Waals surface area (Å²) >= 11 is 0. The molecule has 29 heavy (non-hydrogen) atoms. The highest BCUT2D eigenvalue weighted by atomic mass is 16.5. The van der Waals surface area contributed by atoms with Gasteiger partial charge in [0.1, 0.15) is 17.4 Å². The Morgan fingerprint density at radius 3 is 2.69 bits per heavy atom. The molecule has 1 atom stereocenters. The fourth-order valence-electron chi connectivity index (χ4n) is 3.76. The van der Waals surface area contributed by atoms with Gasteiger partial charge in [-0.25, -0.2) is 0 Å². The van der Waals surface area contributed by atoms with E-state index in [0.29, 0.717) is 28.2 Å². The van der Waals surface area contributed by atoms with Crippen molar-refractivity contribution < 1.29 is 13.7 Å². The molecule has 7 nitrogen and oxygen atoms in total. The van der Waals surface area contributed by atoms with Crippen LogP contribution in [0.1, 0.15) is 46.1 Å². The van der Waals surface area contributed by atoms with E-state index in [1.807, 2.05) is 25.1 Å². The summed E-state index contributed by atoms with van der Waals surface area (Å²) in [6, 6.07) is 11.7. The molecule has 0 bridgehead atoms. The van der Waals surface area contributed by atoms with Gasteiger partial charge in [-0.15, -0.1) is 0 Å². The minimum atomic E-state index is -0.742. The van der Waals surface area contributed by atoms with E-state index in [0.717, 1.165) is 12.0 Å². The van der Waals surface area contributed by atoms with Crippen LogP contribution < -0.4 is 10.3 Å². The standard InChI is InChI=1S/C22H17N3O4/c1-3-13-7-8-16-14(11-13)20(26)18-19(15-6-4-5-9-23-15)25(22(27)21(18)28-16)17-10-12(2)29-24-17/h4-11,19H,3H2,1-2H3. The molecule has 1 aromatic carbocycles. The summed E-state index contributed by atoms with van der Waals surface area (Å²) in [5.41, 5.74) is 2.00. The van der Waals surface area contributed by atoms with E-state index >= 15 is 0 Å². The summed E-state index contributed by atoms with van der Waals surface area (Å²) < 4.78 is 11.1. The smallest absolute Gasteiger partial charge is 0.296 e. The van der Waals surface area contributed by atoms with E-state index in [-0.39, 0.29) is 16.8 Å². The zero-order valence-corrected chi connectivity index (χ0v) is 15.9. The summed E-state index contributed by atoms with van der Waals surface area (Å²) in [4.78, 5) is 32.6. The molecule has 4 heterocycles. The molecular formula is C22H17N3O4. The number of hydrogen-bond donors (Lipinski definition) is 0. The first-order valence-corrected chi connectivity index (χ1v) is 9.36. The van der Waals surface area contributed by atoms with Crippen LogP contribution in [-0.2, 0) is 6.42 Å². The van der Waals surface area contributed by atoms with E-state index in [9.17, 15) is 9.59 Å². The van der Waals surface area contributed by atoms with Gasteiger partial charge in [0.2, 0.25) is 5.76 Å². The lowest BCUT2D eigenvalue weighted by molar-refractivity contribution is 0.0969. The maximum Gasteiger partial charge on any atom is 0.296 e. The molecule has 0 radical (unpaired) electrons. The third-order valence-corrected chi connectivity index (χ3v) is 5.17. The van der Waals surface area contributed by atoms with E-state index in [1.54, 1.807) is 37.4 Å². The number of carbonyl (C=O) groups is 1. The molecule has 4 aromatic rings. The predicted octanol–water partition coefficient (Wildman–Crippen LogP) is 3.80. The van der Waals surface area contributed by atoms with Crippen LogP contribution in [-0.4, -0.2) is 16.0 Å². The van der Waals surface area contributed by atoms with Crippen LogP contribution in [0, 0.1) is 6.92 Å². The molecule has 7 heteroatoms. The molecule has 0 spiro atoms. The van der Waals surface area contributed by atoms with Crippen LogP contribution in [0.2, 0.25) is 0 Å². The van der Waals surface area contributed by atoms with Crippen LogP contribution >= 0.6 is 0 Å². The number of carbonyl (C=O) groups excluding carboxylic acids is 1. The molecule has 1 aliphatic heterocycles. The average molecular weight is 387 g/mol.